The molecule has 1 fully saturated rings. The second kappa shape index (κ2) is 7.49. The number of benzene rings is 1. The monoisotopic (exact) mass is 327 g/mol. The van der Waals surface area contributed by atoms with Gasteiger partial charge in [-0.2, -0.15) is 4.98 Å². The van der Waals surface area contributed by atoms with Crippen LogP contribution in [0.1, 0.15) is 13.8 Å². The van der Waals surface area contributed by atoms with Gasteiger partial charge in [0.2, 0.25) is 5.95 Å². The molecule has 1 aliphatic rings. The summed E-state index contributed by atoms with van der Waals surface area (Å²) in [7, 11) is 2.15. The van der Waals surface area contributed by atoms with Crippen LogP contribution in [-0.4, -0.2) is 54.2 Å². The van der Waals surface area contributed by atoms with Gasteiger partial charge < -0.3 is 19.9 Å². The van der Waals surface area contributed by atoms with E-state index in [-0.39, 0.29) is 6.10 Å². The predicted molar refractivity (Wildman–Crippen MR) is 97.2 cm³/mol. The van der Waals surface area contributed by atoms with Crippen LogP contribution in [0.2, 0.25) is 0 Å². The molecule has 24 heavy (non-hydrogen) atoms. The van der Waals surface area contributed by atoms with E-state index in [2.05, 4.69) is 32.1 Å². The highest BCUT2D eigenvalue weighted by Crippen LogP contribution is 2.20. The summed E-state index contributed by atoms with van der Waals surface area (Å²) in [5, 5.41) is 3.26. The summed E-state index contributed by atoms with van der Waals surface area (Å²) >= 11 is 0. The largest absolute Gasteiger partial charge is 0.491 e. The maximum atomic E-state index is 5.66. The second-order valence-corrected chi connectivity index (χ2v) is 6.34. The zero-order valence-electron chi connectivity index (χ0n) is 14.6. The van der Waals surface area contributed by atoms with E-state index in [1.807, 2.05) is 44.2 Å². The zero-order valence-corrected chi connectivity index (χ0v) is 14.6. The van der Waals surface area contributed by atoms with Gasteiger partial charge in [-0.3, -0.25) is 0 Å². The Kier molecular flexibility index (Phi) is 5.15. The lowest BCUT2D eigenvalue weighted by atomic mass is 10.3. The van der Waals surface area contributed by atoms with Gasteiger partial charge in [0.05, 0.1) is 6.10 Å². The minimum absolute atomic E-state index is 0.174. The first-order chi connectivity index (χ1) is 11.6. The van der Waals surface area contributed by atoms with Gasteiger partial charge in [0.1, 0.15) is 11.6 Å². The Morgan fingerprint density at radius 2 is 1.75 bits per heavy atom. The summed E-state index contributed by atoms with van der Waals surface area (Å²) in [5.41, 5.74) is 0.946. The quantitative estimate of drug-likeness (QED) is 0.911. The molecule has 0 aliphatic carbocycles. The Bertz CT molecular complexity index is 651. The van der Waals surface area contributed by atoms with Gasteiger partial charge in [-0.25, -0.2) is 4.98 Å². The van der Waals surface area contributed by atoms with E-state index in [0.29, 0.717) is 5.95 Å². The van der Waals surface area contributed by atoms with Crippen molar-refractivity contribution in [1.82, 2.24) is 14.9 Å². The third-order valence-electron chi connectivity index (χ3n) is 3.95. The maximum absolute atomic E-state index is 5.66. The molecule has 1 aliphatic heterocycles. The molecule has 0 spiro atoms. The minimum Gasteiger partial charge on any atom is -0.491 e. The molecule has 128 valence electrons. The molecule has 2 aromatic rings. The fourth-order valence-corrected chi connectivity index (χ4v) is 2.64. The van der Waals surface area contributed by atoms with E-state index in [4.69, 9.17) is 4.74 Å². The van der Waals surface area contributed by atoms with Gasteiger partial charge in [-0.05, 0) is 51.2 Å². The van der Waals surface area contributed by atoms with Crippen LogP contribution in [-0.2, 0) is 0 Å². The summed E-state index contributed by atoms with van der Waals surface area (Å²) in [4.78, 5) is 13.6. The lowest BCUT2D eigenvalue weighted by molar-refractivity contribution is 0.242. The Morgan fingerprint density at radius 1 is 1.04 bits per heavy atom. The molecule has 0 amide bonds. The first-order valence-corrected chi connectivity index (χ1v) is 8.40. The van der Waals surface area contributed by atoms with Gasteiger partial charge >= 0.3 is 0 Å². The van der Waals surface area contributed by atoms with Crippen molar-refractivity contribution in [2.24, 2.45) is 0 Å². The van der Waals surface area contributed by atoms with Crippen molar-refractivity contribution in [3.8, 4) is 5.75 Å². The van der Waals surface area contributed by atoms with E-state index in [9.17, 15) is 0 Å². The van der Waals surface area contributed by atoms with Crippen molar-refractivity contribution in [2.45, 2.75) is 20.0 Å². The molecular weight excluding hydrogens is 302 g/mol. The summed E-state index contributed by atoms with van der Waals surface area (Å²) < 4.78 is 5.66. The van der Waals surface area contributed by atoms with Crippen LogP contribution < -0.4 is 15.0 Å². The number of piperazine rings is 1. The maximum Gasteiger partial charge on any atom is 0.229 e. The Labute approximate surface area is 143 Å². The summed E-state index contributed by atoms with van der Waals surface area (Å²) in [6, 6.07) is 9.82. The van der Waals surface area contributed by atoms with Crippen LogP contribution in [0.15, 0.2) is 36.5 Å². The molecule has 1 saturated heterocycles. The average Bonchev–Trinajstić information content (AvgIpc) is 2.57. The SMILES string of the molecule is CC(C)Oc1ccc(Nc2nccc(N3CCN(C)CC3)n2)cc1. The average molecular weight is 327 g/mol. The second-order valence-electron chi connectivity index (χ2n) is 6.34. The molecular formula is C18H25N5O. The third-order valence-corrected chi connectivity index (χ3v) is 3.95. The summed E-state index contributed by atoms with van der Waals surface area (Å²) in [6.45, 7) is 8.14. The molecule has 6 heteroatoms. The van der Waals surface area contributed by atoms with Crippen LogP contribution in [0, 0.1) is 0 Å². The molecule has 6 nitrogen and oxygen atoms in total. The third kappa shape index (κ3) is 4.35. The topological polar surface area (TPSA) is 53.5 Å². The van der Waals surface area contributed by atoms with Crippen LogP contribution >= 0.6 is 0 Å². The highest BCUT2D eigenvalue weighted by atomic mass is 16.5. The number of nitrogens with zero attached hydrogens (tertiary/aromatic N) is 4. The van der Waals surface area contributed by atoms with Gasteiger partial charge in [-0.15, -0.1) is 0 Å². The molecule has 0 saturated carbocycles. The smallest absolute Gasteiger partial charge is 0.229 e. The normalized spacial score (nSPS) is 15.6. The number of aromatic nitrogens is 2. The van der Waals surface area contributed by atoms with Gasteiger partial charge in [-0.1, -0.05) is 0 Å². The van der Waals surface area contributed by atoms with Gasteiger partial charge in [0, 0.05) is 38.1 Å². The van der Waals surface area contributed by atoms with E-state index in [0.717, 1.165) is 43.4 Å². The Hall–Kier alpha value is -2.34. The van der Waals surface area contributed by atoms with E-state index in [1.165, 1.54) is 0 Å². The van der Waals surface area contributed by atoms with Gasteiger partial charge in [0.15, 0.2) is 0 Å². The summed E-state index contributed by atoms with van der Waals surface area (Å²) in [5.74, 6) is 2.45. The van der Waals surface area contributed by atoms with Crippen LogP contribution in [0.25, 0.3) is 0 Å². The van der Waals surface area contributed by atoms with Crippen molar-refractivity contribution < 1.29 is 4.74 Å². The number of hydrogen-bond donors (Lipinski definition) is 1. The lowest BCUT2D eigenvalue weighted by Crippen LogP contribution is -2.44. The lowest BCUT2D eigenvalue weighted by Gasteiger charge is -2.33. The van der Waals surface area contributed by atoms with Crippen LogP contribution in [0.3, 0.4) is 0 Å². The van der Waals surface area contributed by atoms with Crippen LogP contribution in [0.5, 0.6) is 5.75 Å². The predicted octanol–water partition coefficient (Wildman–Crippen LogP) is 2.76. The fourth-order valence-electron chi connectivity index (χ4n) is 2.64. The van der Waals surface area contributed by atoms with Crippen LogP contribution in [0.4, 0.5) is 17.5 Å². The molecule has 1 aromatic heterocycles. The highest BCUT2D eigenvalue weighted by molar-refractivity contribution is 5.56. The standard InChI is InChI=1S/C18H25N5O/c1-14(2)24-16-6-4-15(5-7-16)20-18-19-9-8-17(21-18)23-12-10-22(3)11-13-23/h4-9,14H,10-13H2,1-3H3,(H,19,20,21). The van der Waals surface area contributed by atoms with E-state index < -0.39 is 0 Å². The molecule has 3 rings (SSSR count). The molecule has 0 radical (unpaired) electrons. The number of hydrogen-bond acceptors (Lipinski definition) is 6. The molecule has 0 bridgehead atoms. The molecule has 0 unspecified atom stereocenters. The number of rotatable bonds is 5. The van der Waals surface area contributed by atoms with E-state index >= 15 is 0 Å². The first kappa shape index (κ1) is 16.5. The summed E-state index contributed by atoms with van der Waals surface area (Å²) in [6.07, 6.45) is 1.98. The molecule has 0 atom stereocenters. The fraction of sp³-hybridized carbons (Fsp3) is 0.444. The Balaban J connectivity index is 1.66. The number of nitrogens with one attached hydrogen (secondary N) is 1. The molecule has 1 aromatic carbocycles. The van der Waals surface area contributed by atoms with Crippen molar-refractivity contribution in [3.05, 3.63) is 36.5 Å². The van der Waals surface area contributed by atoms with Crippen molar-refractivity contribution in [2.75, 3.05) is 43.4 Å². The highest BCUT2D eigenvalue weighted by Gasteiger charge is 2.15. The number of anilines is 3. The molecule has 1 N–H and O–H groups in total. The Morgan fingerprint density at radius 3 is 2.42 bits per heavy atom. The van der Waals surface area contributed by atoms with E-state index in [1.54, 1.807) is 6.20 Å². The number of ether oxygens (including phenoxy) is 1. The van der Waals surface area contributed by atoms with Crippen molar-refractivity contribution in [3.63, 3.8) is 0 Å². The van der Waals surface area contributed by atoms with Crippen molar-refractivity contribution >= 4 is 17.5 Å². The first-order valence-electron chi connectivity index (χ1n) is 8.40. The number of likely N-dealkylation sites (N-methyl/N-ethyl adjacent to an activating group) is 1. The van der Waals surface area contributed by atoms with Gasteiger partial charge in [0.25, 0.3) is 0 Å². The minimum atomic E-state index is 0.174. The molecule has 2 heterocycles. The zero-order chi connectivity index (χ0) is 16.9. The van der Waals surface area contributed by atoms with Crippen molar-refractivity contribution in [1.29, 1.82) is 0 Å².